The molecule has 0 aromatic heterocycles. The summed E-state index contributed by atoms with van der Waals surface area (Å²) in [6.45, 7) is 0. The third-order valence-corrected chi connectivity index (χ3v) is 3.31. The SMILES string of the molecule is [N-]=[N+]=C1CCC2=CCCCC2CC1. The van der Waals surface area contributed by atoms with Gasteiger partial charge in [0.15, 0.2) is 0 Å². The van der Waals surface area contributed by atoms with E-state index in [0.717, 1.165) is 30.9 Å². The quantitative estimate of drug-likeness (QED) is 0.309. The molecular weight excluding hydrogens is 160 g/mol. The van der Waals surface area contributed by atoms with Crippen molar-refractivity contribution < 1.29 is 4.79 Å². The minimum atomic E-state index is 0.799. The molecule has 1 unspecified atom stereocenters. The monoisotopic (exact) mass is 176 g/mol. The van der Waals surface area contributed by atoms with Gasteiger partial charge in [0.2, 0.25) is 0 Å². The van der Waals surface area contributed by atoms with Crippen molar-refractivity contribution in [3.05, 3.63) is 17.2 Å². The largest absolute Gasteiger partial charge is 0.362 e. The fraction of sp³-hybridized carbons (Fsp3) is 0.727. The fourth-order valence-electron chi connectivity index (χ4n) is 2.49. The Balaban J connectivity index is 2.13. The van der Waals surface area contributed by atoms with E-state index in [1.807, 2.05) is 0 Å². The molecule has 1 fully saturated rings. The summed E-state index contributed by atoms with van der Waals surface area (Å²) in [5, 5.41) is 0. The Morgan fingerprint density at radius 2 is 2.15 bits per heavy atom. The van der Waals surface area contributed by atoms with Crippen molar-refractivity contribution >= 4 is 5.71 Å². The number of fused-ring (bicyclic) bond motifs is 1. The van der Waals surface area contributed by atoms with Gasteiger partial charge >= 0.3 is 0 Å². The zero-order chi connectivity index (χ0) is 9.10. The molecule has 0 radical (unpaired) electrons. The van der Waals surface area contributed by atoms with Crippen molar-refractivity contribution in [2.24, 2.45) is 5.92 Å². The number of rotatable bonds is 0. The Bertz CT molecular complexity index is 272. The van der Waals surface area contributed by atoms with Gasteiger partial charge in [0, 0.05) is 12.8 Å². The van der Waals surface area contributed by atoms with E-state index in [4.69, 9.17) is 5.53 Å². The summed E-state index contributed by atoms with van der Waals surface area (Å²) >= 11 is 0. The van der Waals surface area contributed by atoms with E-state index in [1.165, 1.54) is 25.7 Å². The van der Waals surface area contributed by atoms with Crippen LogP contribution < -0.4 is 0 Å². The van der Waals surface area contributed by atoms with Gasteiger partial charge in [0.05, 0.1) is 0 Å². The first-order chi connectivity index (χ1) is 6.40. The van der Waals surface area contributed by atoms with Crippen LogP contribution >= 0.6 is 0 Å². The van der Waals surface area contributed by atoms with Gasteiger partial charge in [0.25, 0.3) is 5.71 Å². The molecule has 0 aromatic rings. The topological polar surface area (TPSA) is 36.4 Å². The van der Waals surface area contributed by atoms with Crippen LogP contribution in [0.1, 0.15) is 44.9 Å². The lowest BCUT2D eigenvalue weighted by Crippen LogP contribution is -2.06. The van der Waals surface area contributed by atoms with E-state index < -0.39 is 0 Å². The molecule has 13 heavy (non-hydrogen) atoms. The minimum Gasteiger partial charge on any atom is -0.362 e. The van der Waals surface area contributed by atoms with Gasteiger partial charge in [-0.1, -0.05) is 11.6 Å². The molecule has 0 saturated heterocycles. The van der Waals surface area contributed by atoms with E-state index >= 15 is 0 Å². The van der Waals surface area contributed by atoms with Crippen molar-refractivity contribution in [3.8, 4) is 0 Å². The maximum absolute atomic E-state index is 8.72. The van der Waals surface area contributed by atoms with Crippen LogP contribution in [0.5, 0.6) is 0 Å². The van der Waals surface area contributed by atoms with Gasteiger partial charge in [-0.25, -0.2) is 0 Å². The molecule has 0 N–H and O–H groups in total. The van der Waals surface area contributed by atoms with Crippen molar-refractivity contribution in [3.63, 3.8) is 0 Å². The second-order valence-electron chi connectivity index (χ2n) is 4.11. The number of nitrogens with zero attached hydrogens (tertiary/aromatic N) is 2. The summed E-state index contributed by atoms with van der Waals surface area (Å²) in [5.41, 5.74) is 11.3. The van der Waals surface area contributed by atoms with Gasteiger partial charge < -0.3 is 5.53 Å². The van der Waals surface area contributed by atoms with Crippen molar-refractivity contribution in [2.45, 2.75) is 44.9 Å². The summed E-state index contributed by atoms with van der Waals surface area (Å²) in [6, 6.07) is 0. The highest BCUT2D eigenvalue weighted by molar-refractivity contribution is 5.79. The van der Waals surface area contributed by atoms with E-state index in [0.29, 0.717) is 0 Å². The minimum absolute atomic E-state index is 0.799. The van der Waals surface area contributed by atoms with Gasteiger partial charge in [0.1, 0.15) is 0 Å². The lowest BCUT2D eigenvalue weighted by atomic mass is 9.85. The lowest BCUT2D eigenvalue weighted by Gasteiger charge is -2.21. The molecular formula is C11H16N2. The summed E-state index contributed by atoms with van der Waals surface area (Å²) in [6.07, 6.45) is 10.7. The second kappa shape index (κ2) is 3.89. The molecule has 0 aromatic carbocycles. The van der Waals surface area contributed by atoms with E-state index in [1.54, 1.807) is 5.57 Å². The van der Waals surface area contributed by atoms with E-state index in [-0.39, 0.29) is 0 Å². The first-order valence-electron chi connectivity index (χ1n) is 5.29. The van der Waals surface area contributed by atoms with Crippen LogP contribution in [-0.2, 0) is 0 Å². The molecule has 2 rings (SSSR count). The predicted molar refractivity (Wildman–Crippen MR) is 52.5 cm³/mol. The Labute approximate surface area is 79.3 Å². The summed E-state index contributed by atoms with van der Waals surface area (Å²) in [4.78, 5) is 3.35. The van der Waals surface area contributed by atoms with Crippen LogP contribution in [0.25, 0.3) is 5.53 Å². The lowest BCUT2D eigenvalue weighted by molar-refractivity contribution is -0.0112. The van der Waals surface area contributed by atoms with E-state index in [2.05, 4.69) is 10.9 Å². The second-order valence-corrected chi connectivity index (χ2v) is 4.11. The standard InChI is InChI=1S/C11H16N2/c12-13-11-7-5-9-3-1-2-4-10(9)6-8-11/h3,10H,1-2,4-8H2. The van der Waals surface area contributed by atoms with E-state index in [9.17, 15) is 0 Å². The van der Waals surface area contributed by atoms with Gasteiger partial charge in [-0.15, -0.1) is 0 Å². The summed E-state index contributed by atoms with van der Waals surface area (Å²) in [5.74, 6) is 0.799. The summed E-state index contributed by atoms with van der Waals surface area (Å²) in [7, 11) is 0. The Hall–Kier alpha value is -0.880. The summed E-state index contributed by atoms with van der Waals surface area (Å²) < 4.78 is 0. The third kappa shape index (κ3) is 1.89. The molecule has 0 spiro atoms. The maximum atomic E-state index is 8.72. The maximum Gasteiger partial charge on any atom is 0.269 e. The van der Waals surface area contributed by atoms with Crippen LogP contribution in [0.4, 0.5) is 0 Å². The van der Waals surface area contributed by atoms with Gasteiger partial charge in [-0.3, -0.25) is 0 Å². The normalized spacial score (nSPS) is 28.5. The molecule has 0 aliphatic heterocycles. The molecule has 1 atom stereocenters. The number of hydrogen-bond donors (Lipinski definition) is 0. The number of allylic oxidation sites excluding steroid dienone is 2. The molecule has 0 heterocycles. The zero-order valence-electron chi connectivity index (χ0n) is 8.00. The molecule has 2 nitrogen and oxygen atoms in total. The van der Waals surface area contributed by atoms with Crippen LogP contribution in [-0.4, -0.2) is 10.5 Å². The van der Waals surface area contributed by atoms with Crippen LogP contribution in [0, 0.1) is 5.92 Å². The highest BCUT2D eigenvalue weighted by atomic mass is 14.9. The van der Waals surface area contributed by atoms with Gasteiger partial charge in [-0.2, -0.15) is 4.79 Å². The Morgan fingerprint density at radius 3 is 3.00 bits per heavy atom. The molecule has 70 valence electrons. The smallest absolute Gasteiger partial charge is 0.269 e. The molecule has 0 amide bonds. The first kappa shape index (κ1) is 8.71. The highest BCUT2D eigenvalue weighted by Crippen LogP contribution is 2.34. The predicted octanol–water partition coefficient (Wildman–Crippen LogP) is 2.96. The van der Waals surface area contributed by atoms with Crippen LogP contribution in [0.15, 0.2) is 11.6 Å². The molecule has 0 bridgehead atoms. The zero-order valence-corrected chi connectivity index (χ0v) is 8.00. The Morgan fingerprint density at radius 1 is 1.23 bits per heavy atom. The fourth-order valence-corrected chi connectivity index (χ4v) is 2.49. The van der Waals surface area contributed by atoms with Crippen molar-refractivity contribution in [1.29, 1.82) is 0 Å². The average molecular weight is 176 g/mol. The molecule has 2 aliphatic rings. The first-order valence-corrected chi connectivity index (χ1v) is 5.29. The number of hydrogen-bond acceptors (Lipinski definition) is 0. The molecule has 2 heteroatoms. The van der Waals surface area contributed by atoms with Crippen LogP contribution in [0.3, 0.4) is 0 Å². The average Bonchev–Trinajstić information content (AvgIpc) is 2.39. The van der Waals surface area contributed by atoms with Crippen molar-refractivity contribution in [2.75, 3.05) is 0 Å². The third-order valence-electron chi connectivity index (χ3n) is 3.31. The van der Waals surface area contributed by atoms with Crippen molar-refractivity contribution in [1.82, 2.24) is 0 Å². The molecule has 2 aliphatic carbocycles. The Kier molecular flexibility index (Phi) is 2.60. The highest BCUT2D eigenvalue weighted by Gasteiger charge is 2.24. The molecule has 1 saturated carbocycles. The van der Waals surface area contributed by atoms with Gasteiger partial charge in [-0.05, 0) is 38.0 Å². The van der Waals surface area contributed by atoms with Crippen LogP contribution in [0.2, 0.25) is 0 Å².